The van der Waals surface area contributed by atoms with Crippen LogP contribution in [0.5, 0.6) is 0 Å². The van der Waals surface area contributed by atoms with E-state index >= 15 is 0 Å². The summed E-state index contributed by atoms with van der Waals surface area (Å²) in [4.78, 5) is 12.9. The van der Waals surface area contributed by atoms with Crippen molar-refractivity contribution in [3.63, 3.8) is 0 Å². The zero-order valence-corrected chi connectivity index (χ0v) is 19.6. The molecule has 3 N–H and O–H groups in total. The molecule has 0 aliphatic carbocycles. The minimum Gasteiger partial charge on any atom is -0.385 e. The van der Waals surface area contributed by atoms with E-state index in [-0.39, 0.29) is 27.3 Å². The Hall–Kier alpha value is -1.68. The van der Waals surface area contributed by atoms with E-state index in [0.29, 0.717) is 16.7 Å². The van der Waals surface area contributed by atoms with Crippen molar-refractivity contribution in [2.45, 2.75) is 69.6 Å². The first-order chi connectivity index (χ1) is 13.6. The number of nitrogens with two attached hydrogens (primary N) is 1. The van der Waals surface area contributed by atoms with Crippen molar-refractivity contribution >= 4 is 27.2 Å². The Kier molecular flexibility index (Phi) is 7.23. The summed E-state index contributed by atoms with van der Waals surface area (Å²) < 4.78 is 44.5. The topological polar surface area (TPSA) is 92.8 Å². The Bertz CT molecular complexity index is 1050. The molecule has 0 aliphatic rings. The van der Waals surface area contributed by atoms with Crippen molar-refractivity contribution in [2.24, 2.45) is 9.50 Å². The van der Waals surface area contributed by atoms with Gasteiger partial charge >= 0.3 is 0 Å². The maximum atomic E-state index is 14.3. The van der Waals surface area contributed by atoms with Crippen molar-refractivity contribution in [1.29, 1.82) is 0 Å². The van der Waals surface area contributed by atoms with E-state index in [1.54, 1.807) is 0 Å². The predicted molar refractivity (Wildman–Crippen MR) is 116 cm³/mol. The fourth-order valence-electron chi connectivity index (χ4n) is 3.14. The van der Waals surface area contributed by atoms with Crippen molar-refractivity contribution in [3.8, 4) is 0 Å². The number of halogens is 2. The number of rotatable bonds is 6. The molecule has 0 saturated heterocycles. The molecule has 0 saturated carbocycles. The summed E-state index contributed by atoms with van der Waals surface area (Å²) in [6.07, 6.45) is -0.221. The van der Waals surface area contributed by atoms with Crippen LogP contribution in [0.2, 0.25) is 0 Å². The molecule has 0 spiro atoms. The lowest BCUT2D eigenvalue weighted by atomic mass is 9.87. The van der Waals surface area contributed by atoms with E-state index in [0.717, 1.165) is 17.4 Å². The van der Waals surface area contributed by atoms with Gasteiger partial charge in [-0.25, -0.2) is 18.1 Å². The van der Waals surface area contributed by atoms with Crippen molar-refractivity contribution in [1.82, 2.24) is 0 Å². The van der Waals surface area contributed by atoms with Crippen LogP contribution in [0.3, 0.4) is 0 Å². The van der Waals surface area contributed by atoms with Gasteiger partial charge in [-0.1, -0.05) is 27.7 Å². The number of carbonyl (C=O) groups excluding carboxylic acids is 1. The highest BCUT2D eigenvalue weighted by atomic mass is 32.2. The van der Waals surface area contributed by atoms with Crippen molar-refractivity contribution < 1.29 is 22.9 Å². The second kappa shape index (κ2) is 8.82. The smallest absolute Gasteiger partial charge is 0.259 e. The molecule has 0 unspecified atom stereocenters. The molecule has 30 heavy (non-hydrogen) atoms. The van der Waals surface area contributed by atoms with Gasteiger partial charge in [0.2, 0.25) is 0 Å². The normalized spacial score (nSPS) is 14.3. The van der Waals surface area contributed by atoms with Gasteiger partial charge in [0.15, 0.2) is 19.9 Å². The van der Waals surface area contributed by atoms with Crippen LogP contribution < -0.4 is 5.14 Å². The SMILES string of the molecule is CC(C)c1cc(F)cc(C(C)C)c1CC(=O)N=[S@](N)(=O)c1sc(C(C)(C)O)cc1F. The first-order valence-electron chi connectivity index (χ1n) is 9.55. The number of amides is 1. The van der Waals surface area contributed by atoms with Crippen LogP contribution in [0.25, 0.3) is 0 Å². The van der Waals surface area contributed by atoms with E-state index in [2.05, 4.69) is 4.36 Å². The molecule has 0 bridgehead atoms. The van der Waals surface area contributed by atoms with Crippen LogP contribution in [0.1, 0.15) is 74.9 Å². The average Bonchev–Trinajstić information content (AvgIpc) is 2.98. The standard InChI is InChI=1S/C21H28F2N2O3S2/c1-11(2)14-7-13(22)8-15(12(3)4)16(14)9-19(26)25-30(24,28)20-17(23)10-18(29-20)21(5,6)27/h7-8,10-12,27H,9H2,1-6H3,(H2,24,25,26,28)/t30-/m0/s1. The summed E-state index contributed by atoms with van der Waals surface area (Å²) in [5, 5.41) is 15.8. The number of aliphatic hydroxyl groups is 1. The first-order valence-corrected chi connectivity index (χ1v) is 11.9. The number of hydrogen-bond donors (Lipinski definition) is 2. The zero-order valence-electron chi connectivity index (χ0n) is 18.0. The Morgan fingerprint density at radius 2 is 1.67 bits per heavy atom. The molecule has 0 fully saturated rings. The number of nitrogens with zero attached hydrogens (tertiary/aromatic N) is 1. The molecule has 9 heteroatoms. The largest absolute Gasteiger partial charge is 0.385 e. The molecule has 5 nitrogen and oxygen atoms in total. The summed E-state index contributed by atoms with van der Waals surface area (Å²) in [6.45, 7) is 10.4. The van der Waals surface area contributed by atoms with Gasteiger partial charge in [-0.05, 0) is 60.6 Å². The predicted octanol–water partition coefficient (Wildman–Crippen LogP) is 4.97. The number of thiophene rings is 1. The van der Waals surface area contributed by atoms with E-state index in [9.17, 15) is 22.9 Å². The van der Waals surface area contributed by atoms with Gasteiger partial charge < -0.3 is 5.11 Å². The molecule has 2 aromatic rings. The second-order valence-electron chi connectivity index (χ2n) is 8.41. The Morgan fingerprint density at radius 3 is 2.07 bits per heavy atom. The van der Waals surface area contributed by atoms with Gasteiger partial charge in [-0.3, -0.25) is 4.79 Å². The Labute approximate surface area is 180 Å². The highest BCUT2D eigenvalue weighted by molar-refractivity contribution is 7.93. The minimum atomic E-state index is -3.84. The van der Waals surface area contributed by atoms with E-state index < -0.39 is 33.1 Å². The lowest BCUT2D eigenvalue weighted by molar-refractivity contribution is -0.117. The highest BCUT2D eigenvalue weighted by Gasteiger charge is 2.26. The van der Waals surface area contributed by atoms with Gasteiger partial charge in [0.05, 0.1) is 12.0 Å². The molecule has 1 aromatic carbocycles. The summed E-state index contributed by atoms with van der Waals surface area (Å²) in [7, 11) is -3.84. The molecule has 2 rings (SSSR count). The number of carbonyl (C=O) groups is 1. The number of benzene rings is 1. The third-order valence-electron chi connectivity index (χ3n) is 4.62. The third kappa shape index (κ3) is 5.51. The third-order valence-corrected chi connectivity index (χ3v) is 8.00. The minimum absolute atomic E-state index is 0.0488. The maximum Gasteiger partial charge on any atom is 0.259 e. The maximum absolute atomic E-state index is 14.3. The van der Waals surface area contributed by atoms with Crippen LogP contribution in [0, 0.1) is 11.6 Å². The van der Waals surface area contributed by atoms with Gasteiger partial charge in [0, 0.05) is 4.88 Å². The fourth-order valence-corrected chi connectivity index (χ4v) is 5.56. The van der Waals surface area contributed by atoms with Crippen LogP contribution in [0.15, 0.2) is 26.8 Å². The lowest BCUT2D eigenvalue weighted by Gasteiger charge is -2.19. The fraction of sp³-hybridized carbons (Fsp3) is 0.476. The monoisotopic (exact) mass is 458 g/mol. The van der Waals surface area contributed by atoms with Gasteiger partial charge in [-0.2, -0.15) is 0 Å². The zero-order chi connectivity index (χ0) is 23.0. The number of hydrogen-bond acceptors (Lipinski definition) is 4. The molecule has 166 valence electrons. The Balaban J connectivity index is 2.50. The van der Waals surface area contributed by atoms with E-state index in [1.165, 1.54) is 26.0 Å². The average molecular weight is 459 g/mol. The second-order valence-corrected chi connectivity index (χ2v) is 11.4. The highest BCUT2D eigenvalue weighted by Crippen LogP contribution is 2.34. The quantitative estimate of drug-likeness (QED) is 0.640. The summed E-state index contributed by atoms with van der Waals surface area (Å²) in [6, 6.07) is 3.81. The summed E-state index contributed by atoms with van der Waals surface area (Å²) >= 11 is 0.719. The van der Waals surface area contributed by atoms with Gasteiger partial charge in [0.25, 0.3) is 5.91 Å². The van der Waals surface area contributed by atoms with Crippen molar-refractivity contribution in [3.05, 3.63) is 51.4 Å². The van der Waals surface area contributed by atoms with E-state index in [1.807, 2.05) is 27.7 Å². The summed E-state index contributed by atoms with van der Waals surface area (Å²) in [5.41, 5.74) is 0.597. The molecule has 1 aromatic heterocycles. The first kappa shape index (κ1) is 24.6. The molecule has 1 amide bonds. The molecular formula is C21H28F2N2O3S2. The van der Waals surface area contributed by atoms with Crippen LogP contribution in [-0.4, -0.2) is 15.2 Å². The van der Waals surface area contributed by atoms with E-state index in [4.69, 9.17) is 5.14 Å². The molecular weight excluding hydrogens is 430 g/mol. The van der Waals surface area contributed by atoms with Gasteiger partial charge in [-0.15, -0.1) is 15.7 Å². The molecule has 0 radical (unpaired) electrons. The van der Waals surface area contributed by atoms with Crippen LogP contribution >= 0.6 is 11.3 Å². The molecule has 0 aliphatic heterocycles. The van der Waals surface area contributed by atoms with Crippen LogP contribution in [0.4, 0.5) is 8.78 Å². The summed E-state index contributed by atoms with van der Waals surface area (Å²) in [5.74, 6) is -2.15. The molecule has 1 atom stereocenters. The van der Waals surface area contributed by atoms with Crippen molar-refractivity contribution in [2.75, 3.05) is 0 Å². The van der Waals surface area contributed by atoms with Gasteiger partial charge in [0.1, 0.15) is 5.82 Å². The molecule has 1 heterocycles. The Morgan fingerprint density at radius 1 is 1.17 bits per heavy atom. The van der Waals surface area contributed by atoms with Crippen LogP contribution in [-0.2, 0) is 26.7 Å². The lowest BCUT2D eigenvalue weighted by Crippen LogP contribution is -2.17.